The van der Waals surface area contributed by atoms with Gasteiger partial charge in [0.1, 0.15) is 11.6 Å². The number of hydrogen-bond acceptors (Lipinski definition) is 3. The highest BCUT2D eigenvalue weighted by Crippen LogP contribution is 2.17. The summed E-state index contributed by atoms with van der Waals surface area (Å²) >= 11 is 0. The molecular weight excluding hydrogens is 317 g/mol. The highest BCUT2D eigenvalue weighted by atomic mass is 19.1. The predicted octanol–water partition coefficient (Wildman–Crippen LogP) is 4.45. The van der Waals surface area contributed by atoms with Crippen LogP contribution in [0.5, 0.6) is 0 Å². The second-order valence-corrected chi connectivity index (χ2v) is 5.78. The summed E-state index contributed by atoms with van der Waals surface area (Å²) in [5.74, 6) is 0.236. The number of carbonyl (C=O) groups is 1. The molecule has 2 aromatic carbocycles. The Labute approximate surface area is 145 Å². The SMILES string of the molecule is Cc1cccc(CC(=O)Nc2ccc(Nc3ccc(F)cc3)nc2)c1. The Bertz CT molecular complexity index is 861. The van der Waals surface area contributed by atoms with Gasteiger partial charge in [0.15, 0.2) is 0 Å². The fourth-order valence-electron chi connectivity index (χ4n) is 2.44. The van der Waals surface area contributed by atoms with Crippen LogP contribution in [0.3, 0.4) is 0 Å². The molecule has 126 valence electrons. The van der Waals surface area contributed by atoms with E-state index in [4.69, 9.17) is 0 Å². The summed E-state index contributed by atoms with van der Waals surface area (Å²) in [5.41, 5.74) is 3.47. The summed E-state index contributed by atoms with van der Waals surface area (Å²) in [5, 5.41) is 5.90. The molecule has 0 aliphatic rings. The van der Waals surface area contributed by atoms with Crippen LogP contribution in [0.15, 0.2) is 66.9 Å². The van der Waals surface area contributed by atoms with E-state index >= 15 is 0 Å². The molecule has 1 aromatic heterocycles. The first-order valence-corrected chi connectivity index (χ1v) is 7.92. The Balaban J connectivity index is 1.58. The molecule has 0 bridgehead atoms. The fraction of sp³-hybridized carbons (Fsp3) is 0.100. The number of aryl methyl sites for hydroxylation is 1. The molecule has 5 heteroatoms. The van der Waals surface area contributed by atoms with E-state index < -0.39 is 0 Å². The lowest BCUT2D eigenvalue weighted by molar-refractivity contribution is -0.115. The molecule has 0 aliphatic carbocycles. The summed E-state index contributed by atoms with van der Waals surface area (Å²) in [6, 6.07) is 17.4. The third kappa shape index (κ3) is 4.88. The predicted molar refractivity (Wildman–Crippen MR) is 97.4 cm³/mol. The van der Waals surface area contributed by atoms with Crippen molar-refractivity contribution < 1.29 is 9.18 Å². The van der Waals surface area contributed by atoms with Gasteiger partial charge in [-0.25, -0.2) is 9.37 Å². The number of pyridine rings is 1. The van der Waals surface area contributed by atoms with E-state index in [9.17, 15) is 9.18 Å². The van der Waals surface area contributed by atoms with Crippen LogP contribution in [0.4, 0.5) is 21.6 Å². The maximum absolute atomic E-state index is 12.9. The quantitative estimate of drug-likeness (QED) is 0.724. The Morgan fingerprint density at radius 1 is 1.04 bits per heavy atom. The molecular formula is C20H18FN3O. The van der Waals surface area contributed by atoms with Crippen molar-refractivity contribution in [3.8, 4) is 0 Å². The Hall–Kier alpha value is -3.21. The average Bonchev–Trinajstić information content (AvgIpc) is 2.59. The minimum Gasteiger partial charge on any atom is -0.340 e. The topological polar surface area (TPSA) is 54.0 Å². The third-order valence-corrected chi connectivity index (χ3v) is 3.61. The van der Waals surface area contributed by atoms with Crippen LogP contribution in [-0.2, 0) is 11.2 Å². The maximum atomic E-state index is 12.9. The van der Waals surface area contributed by atoms with Crippen molar-refractivity contribution in [3.63, 3.8) is 0 Å². The van der Waals surface area contributed by atoms with Crippen LogP contribution in [0, 0.1) is 12.7 Å². The van der Waals surface area contributed by atoms with Gasteiger partial charge in [-0.1, -0.05) is 29.8 Å². The Kier molecular flexibility index (Phi) is 5.04. The van der Waals surface area contributed by atoms with Crippen molar-refractivity contribution in [2.24, 2.45) is 0 Å². The normalized spacial score (nSPS) is 10.3. The van der Waals surface area contributed by atoms with Gasteiger partial charge in [-0.05, 0) is 48.9 Å². The molecule has 0 fully saturated rings. The Morgan fingerprint density at radius 2 is 1.80 bits per heavy atom. The Morgan fingerprint density at radius 3 is 2.48 bits per heavy atom. The number of aromatic nitrogens is 1. The van der Waals surface area contributed by atoms with Gasteiger partial charge in [0, 0.05) is 5.69 Å². The lowest BCUT2D eigenvalue weighted by Gasteiger charge is -2.08. The molecule has 3 aromatic rings. The van der Waals surface area contributed by atoms with Crippen LogP contribution in [0.1, 0.15) is 11.1 Å². The van der Waals surface area contributed by atoms with E-state index in [0.717, 1.165) is 16.8 Å². The van der Waals surface area contributed by atoms with Crippen molar-refractivity contribution in [2.75, 3.05) is 10.6 Å². The molecule has 0 aliphatic heterocycles. The zero-order valence-electron chi connectivity index (χ0n) is 13.8. The van der Waals surface area contributed by atoms with Gasteiger partial charge < -0.3 is 10.6 Å². The largest absolute Gasteiger partial charge is 0.340 e. The van der Waals surface area contributed by atoms with E-state index in [1.807, 2.05) is 31.2 Å². The smallest absolute Gasteiger partial charge is 0.228 e. The van der Waals surface area contributed by atoms with Gasteiger partial charge in [-0.3, -0.25) is 4.79 Å². The van der Waals surface area contributed by atoms with Crippen molar-refractivity contribution in [1.29, 1.82) is 0 Å². The summed E-state index contributed by atoms with van der Waals surface area (Å²) < 4.78 is 12.9. The summed E-state index contributed by atoms with van der Waals surface area (Å²) in [6.45, 7) is 2.00. The molecule has 0 saturated carbocycles. The third-order valence-electron chi connectivity index (χ3n) is 3.61. The van der Waals surface area contributed by atoms with E-state index in [2.05, 4.69) is 15.6 Å². The summed E-state index contributed by atoms with van der Waals surface area (Å²) in [4.78, 5) is 16.4. The van der Waals surface area contributed by atoms with Crippen molar-refractivity contribution in [2.45, 2.75) is 13.3 Å². The molecule has 4 nitrogen and oxygen atoms in total. The number of anilines is 3. The molecule has 2 N–H and O–H groups in total. The van der Waals surface area contributed by atoms with Crippen molar-refractivity contribution in [3.05, 3.63) is 83.8 Å². The minimum atomic E-state index is -0.287. The van der Waals surface area contributed by atoms with Crippen LogP contribution < -0.4 is 10.6 Å². The van der Waals surface area contributed by atoms with Crippen LogP contribution in [0.25, 0.3) is 0 Å². The van der Waals surface area contributed by atoms with Gasteiger partial charge in [-0.15, -0.1) is 0 Å². The molecule has 1 heterocycles. The lowest BCUT2D eigenvalue weighted by atomic mass is 10.1. The number of nitrogens with one attached hydrogen (secondary N) is 2. The van der Waals surface area contributed by atoms with Crippen LogP contribution in [-0.4, -0.2) is 10.9 Å². The van der Waals surface area contributed by atoms with E-state index in [0.29, 0.717) is 17.9 Å². The van der Waals surface area contributed by atoms with E-state index in [1.54, 1.807) is 30.5 Å². The molecule has 0 atom stereocenters. The van der Waals surface area contributed by atoms with E-state index in [-0.39, 0.29) is 11.7 Å². The highest BCUT2D eigenvalue weighted by molar-refractivity contribution is 5.92. The highest BCUT2D eigenvalue weighted by Gasteiger charge is 2.05. The molecule has 0 radical (unpaired) electrons. The van der Waals surface area contributed by atoms with Crippen LogP contribution in [0.2, 0.25) is 0 Å². The zero-order valence-corrected chi connectivity index (χ0v) is 13.8. The van der Waals surface area contributed by atoms with Crippen molar-refractivity contribution in [1.82, 2.24) is 4.98 Å². The number of rotatable bonds is 5. The minimum absolute atomic E-state index is 0.0911. The van der Waals surface area contributed by atoms with Gasteiger partial charge in [0.25, 0.3) is 0 Å². The second-order valence-electron chi connectivity index (χ2n) is 5.78. The van der Waals surface area contributed by atoms with Gasteiger partial charge in [0.05, 0.1) is 18.3 Å². The van der Waals surface area contributed by atoms with Crippen LogP contribution >= 0.6 is 0 Å². The number of hydrogen-bond donors (Lipinski definition) is 2. The molecule has 0 saturated heterocycles. The molecule has 0 unspecified atom stereocenters. The van der Waals surface area contributed by atoms with Crippen molar-refractivity contribution >= 4 is 23.1 Å². The summed E-state index contributed by atoms with van der Waals surface area (Å²) in [7, 11) is 0. The number of nitrogens with zero attached hydrogens (tertiary/aromatic N) is 1. The number of amides is 1. The zero-order chi connectivity index (χ0) is 17.6. The first kappa shape index (κ1) is 16.6. The number of halogens is 1. The standard InChI is InChI=1S/C20H18FN3O/c1-14-3-2-4-15(11-14)12-20(25)24-18-9-10-19(22-13-18)23-17-7-5-16(21)6-8-17/h2-11,13H,12H2,1H3,(H,22,23)(H,24,25). The number of carbonyl (C=O) groups excluding carboxylic acids is 1. The number of benzene rings is 2. The molecule has 25 heavy (non-hydrogen) atoms. The maximum Gasteiger partial charge on any atom is 0.228 e. The van der Waals surface area contributed by atoms with Gasteiger partial charge >= 0.3 is 0 Å². The first-order valence-electron chi connectivity index (χ1n) is 7.92. The first-order chi connectivity index (χ1) is 12.1. The monoisotopic (exact) mass is 335 g/mol. The summed E-state index contributed by atoms with van der Waals surface area (Å²) in [6.07, 6.45) is 1.90. The lowest BCUT2D eigenvalue weighted by Crippen LogP contribution is -2.14. The molecule has 3 rings (SSSR count). The molecule has 0 spiro atoms. The van der Waals surface area contributed by atoms with Gasteiger partial charge in [-0.2, -0.15) is 0 Å². The second kappa shape index (κ2) is 7.57. The fourth-order valence-corrected chi connectivity index (χ4v) is 2.44. The average molecular weight is 335 g/mol. The molecule has 1 amide bonds. The van der Waals surface area contributed by atoms with Gasteiger partial charge in [0.2, 0.25) is 5.91 Å². The van der Waals surface area contributed by atoms with E-state index in [1.165, 1.54) is 12.1 Å².